The zero-order valence-corrected chi connectivity index (χ0v) is 10.9. The molecule has 2 heterocycles. The van der Waals surface area contributed by atoms with Gasteiger partial charge in [0.2, 0.25) is 0 Å². The molecule has 0 spiro atoms. The lowest BCUT2D eigenvalue weighted by Crippen LogP contribution is -2.26. The topological polar surface area (TPSA) is 80.9 Å². The van der Waals surface area contributed by atoms with Gasteiger partial charge in [0.15, 0.2) is 0 Å². The summed E-state index contributed by atoms with van der Waals surface area (Å²) < 4.78 is 0. The zero-order chi connectivity index (χ0) is 13.7. The number of amides is 1. The molecule has 6 heteroatoms. The zero-order valence-electron chi connectivity index (χ0n) is 10.1. The first-order chi connectivity index (χ1) is 9.16. The molecule has 0 fully saturated rings. The molecule has 0 unspecified atom stereocenters. The van der Waals surface area contributed by atoms with Crippen LogP contribution in [-0.4, -0.2) is 22.4 Å². The molecule has 0 aliphatic rings. The number of carbonyl (C=O) groups is 1. The molecule has 0 aliphatic carbocycles. The van der Waals surface area contributed by atoms with Gasteiger partial charge in [-0.05, 0) is 24.1 Å². The third-order valence-electron chi connectivity index (χ3n) is 2.53. The van der Waals surface area contributed by atoms with Crippen molar-refractivity contribution in [2.45, 2.75) is 6.42 Å². The van der Waals surface area contributed by atoms with Crippen LogP contribution in [0.1, 0.15) is 15.9 Å². The minimum Gasteiger partial charge on any atom is -0.397 e. The minimum absolute atomic E-state index is 0.146. The van der Waals surface area contributed by atoms with E-state index in [4.69, 9.17) is 17.3 Å². The fourth-order valence-electron chi connectivity index (χ4n) is 1.59. The van der Waals surface area contributed by atoms with Gasteiger partial charge in [0.1, 0.15) is 5.15 Å². The predicted molar refractivity (Wildman–Crippen MR) is 73.9 cm³/mol. The Hall–Kier alpha value is -2.14. The van der Waals surface area contributed by atoms with E-state index >= 15 is 0 Å². The van der Waals surface area contributed by atoms with Crippen LogP contribution in [0.3, 0.4) is 0 Å². The van der Waals surface area contributed by atoms with Gasteiger partial charge in [-0.3, -0.25) is 9.78 Å². The lowest BCUT2D eigenvalue weighted by Gasteiger charge is -2.06. The Labute approximate surface area is 115 Å². The highest BCUT2D eigenvalue weighted by atomic mass is 35.5. The smallest absolute Gasteiger partial charge is 0.254 e. The van der Waals surface area contributed by atoms with Crippen molar-refractivity contribution in [2.75, 3.05) is 12.3 Å². The van der Waals surface area contributed by atoms with E-state index < -0.39 is 0 Å². The van der Waals surface area contributed by atoms with Crippen molar-refractivity contribution in [3.63, 3.8) is 0 Å². The number of hydrogen-bond donors (Lipinski definition) is 2. The maximum atomic E-state index is 11.9. The molecule has 3 N–H and O–H groups in total. The molecule has 19 heavy (non-hydrogen) atoms. The predicted octanol–water partition coefficient (Wildman–Crippen LogP) is 1.68. The van der Waals surface area contributed by atoms with Crippen LogP contribution in [0, 0.1) is 0 Å². The molecule has 0 radical (unpaired) electrons. The number of pyridine rings is 2. The quantitative estimate of drug-likeness (QED) is 0.833. The van der Waals surface area contributed by atoms with Crippen molar-refractivity contribution in [3.8, 4) is 0 Å². The normalized spacial score (nSPS) is 10.2. The second-order valence-electron chi connectivity index (χ2n) is 3.97. The maximum absolute atomic E-state index is 11.9. The molecule has 5 nitrogen and oxygen atoms in total. The van der Waals surface area contributed by atoms with Gasteiger partial charge in [-0.15, -0.1) is 0 Å². The largest absolute Gasteiger partial charge is 0.397 e. The SMILES string of the molecule is Nc1cnc(Cl)c(C(=O)NCCc2cccnc2)c1. The third kappa shape index (κ3) is 3.66. The van der Waals surface area contributed by atoms with Gasteiger partial charge in [-0.25, -0.2) is 4.98 Å². The third-order valence-corrected chi connectivity index (χ3v) is 2.83. The molecule has 0 aromatic carbocycles. The number of halogens is 1. The summed E-state index contributed by atoms with van der Waals surface area (Å²) in [6.45, 7) is 0.496. The number of hydrogen-bond acceptors (Lipinski definition) is 4. The fraction of sp³-hybridized carbons (Fsp3) is 0.154. The van der Waals surface area contributed by atoms with Gasteiger partial charge in [-0.2, -0.15) is 0 Å². The van der Waals surface area contributed by atoms with Crippen LogP contribution in [0.2, 0.25) is 5.15 Å². The number of aromatic nitrogens is 2. The summed E-state index contributed by atoms with van der Waals surface area (Å²) in [5, 5.41) is 2.92. The number of nitrogen functional groups attached to an aromatic ring is 1. The second kappa shape index (κ2) is 6.15. The van der Waals surface area contributed by atoms with Gasteiger partial charge in [0.25, 0.3) is 5.91 Å². The summed E-state index contributed by atoms with van der Waals surface area (Å²) in [6.07, 6.45) is 5.59. The van der Waals surface area contributed by atoms with Crippen LogP contribution >= 0.6 is 11.6 Å². The summed E-state index contributed by atoms with van der Waals surface area (Å²) in [5.41, 5.74) is 7.32. The Bertz CT molecular complexity index is 574. The van der Waals surface area contributed by atoms with Gasteiger partial charge >= 0.3 is 0 Å². The number of nitrogens with zero attached hydrogens (tertiary/aromatic N) is 2. The maximum Gasteiger partial charge on any atom is 0.254 e. The van der Waals surface area contributed by atoms with Crippen LogP contribution < -0.4 is 11.1 Å². The standard InChI is InChI=1S/C13H13ClN4O/c14-12-11(6-10(15)8-18-12)13(19)17-5-3-9-2-1-4-16-7-9/h1-2,4,6-8H,3,5,15H2,(H,17,19). The molecule has 0 bridgehead atoms. The lowest BCUT2D eigenvalue weighted by atomic mass is 10.2. The molecule has 0 atom stereocenters. The van der Waals surface area contributed by atoms with Crippen molar-refractivity contribution in [3.05, 3.63) is 53.1 Å². The Morgan fingerprint density at radius 3 is 3.00 bits per heavy atom. The van der Waals surface area contributed by atoms with Gasteiger partial charge in [0, 0.05) is 18.9 Å². The molecule has 0 aliphatic heterocycles. The molecule has 0 saturated carbocycles. The number of anilines is 1. The van der Waals surface area contributed by atoms with Crippen LogP contribution in [0.25, 0.3) is 0 Å². The molecular formula is C13H13ClN4O. The molecule has 2 aromatic rings. The first-order valence-corrected chi connectivity index (χ1v) is 6.13. The Balaban J connectivity index is 1.93. The van der Waals surface area contributed by atoms with E-state index in [1.165, 1.54) is 12.3 Å². The summed E-state index contributed by atoms with van der Waals surface area (Å²) in [7, 11) is 0. The number of nitrogens with one attached hydrogen (secondary N) is 1. The van der Waals surface area contributed by atoms with Crippen LogP contribution in [0.15, 0.2) is 36.8 Å². The van der Waals surface area contributed by atoms with E-state index in [2.05, 4.69) is 15.3 Å². The highest BCUT2D eigenvalue weighted by Gasteiger charge is 2.11. The van der Waals surface area contributed by atoms with Crippen LogP contribution in [-0.2, 0) is 6.42 Å². The Morgan fingerprint density at radius 1 is 1.42 bits per heavy atom. The average Bonchev–Trinajstić information content (AvgIpc) is 2.42. The molecule has 2 rings (SSSR count). The average molecular weight is 277 g/mol. The monoisotopic (exact) mass is 276 g/mol. The molecule has 0 saturated heterocycles. The molecule has 1 amide bonds. The minimum atomic E-state index is -0.284. The van der Waals surface area contributed by atoms with E-state index in [0.717, 1.165) is 5.56 Å². The number of nitrogens with two attached hydrogens (primary N) is 1. The van der Waals surface area contributed by atoms with E-state index in [0.29, 0.717) is 18.7 Å². The fourth-order valence-corrected chi connectivity index (χ4v) is 1.77. The lowest BCUT2D eigenvalue weighted by molar-refractivity contribution is 0.0954. The summed E-state index contributed by atoms with van der Waals surface area (Å²) >= 11 is 5.85. The van der Waals surface area contributed by atoms with Crippen molar-refractivity contribution in [1.29, 1.82) is 0 Å². The Kier molecular flexibility index (Phi) is 4.30. The van der Waals surface area contributed by atoms with Crippen molar-refractivity contribution >= 4 is 23.2 Å². The molecule has 2 aromatic heterocycles. The number of rotatable bonds is 4. The van der Waals surface area contributed by atoms with Crippen LogP contribution in [0.5, 0.6) is 0 Å². The van der Waals surface area contributed by atoms with Gasteiger partial charge in [0.05, 0.1) is 17.4 Å². The second-order valence-corrected chi connectivity index (χ2v) is 4.33. The van der Waals surface area contributed by atoms with Crippen molar-refractivity contribution < 1.29 is 4.79 Å². The van der Waals surface area contributed by atoms with Gasteiger partial charge < -0.3 is 11.1 Å². The number of carbonyl (C=O) groups excluding carboxylic acids is 1. The Morgan fingerprint density at radius 2 is 2.26 bits per heavy atom. The molecular weight excluding hydrogens is 264 g/mol. The van der Waals surface area contributed by atoms with Gasteiger partial charge in [-0.1, -0.05) is 17.7 Å². The van der Waals surface area contributed by atoms with Crippen LogP contribution in [0.4, 0.5) is 5.69 Å². The van der Waals surface area contributed by atoms with Crippen molar-refractivity contribution in [2.24, 2.45) is 0 Å². The van der Waals surface area contributed by atoms with Crippen molar-refractivity contribution in [1.82, 2.24) is 15.3 Å². The molecule has 98 valence electrons. The van der Waals surface area contributed by atoms with E-state index in [9.17, 15) is 4.79 Å². The first kappa shape index (κ1) is 13.3. The highest BCUT2D eigenvalue weighted by molar-refractivity contribution is 6.32. The summed E-state index contributed by atoms with van der Waals surface area (Å²) in [4.78, 5) is 19.7. The van der Waals surface area contributed by atoms with E-state index in [1.54, 1.807) is 12.4 Å². The summed E-state index contributed by atoms with van der Waals surface area (Å²) in [6, 6.07) is 5.32. The van der Waals surface area contributed by atoms with E-state index in [-0.39, 0.29) is 16.6 Å². The highest BCUT2D eigenvalue weighted by Crippen LogP contribution is 2.15. The summed E-state index contributed by atoms with van der Waals surface area (Å²) in [5.74, 6) is -0.284. The van der Waals surface area contributed by atoms with E-state index in [1.807, 2.05) is 12.1 Å². The first-order valence-electron chi connectivity index (χ1n) is 5.75.